The van der Waals surface area contributed by atoms with Crippen LogP contribution in [0.4, 0.5) is 11.4 Å². The number of carbonyl (C=O) groups excluding carboxylic acids is 2. The normalized spacial score (nSPS) is 16.2. The van der Waals surface area contributed by atoms with Crippen molar-refractivity contribution in [3.63, 3.8) is 0 Å². The fourth-order valence-electron chi connectivity index (χ4n) is 4.91. The molecule has 3 aromatic carbocycles. The van der Waals surface area contributed by atoms with Gasteiger partial charge in [-0.2, -0.15) is 0 Å². The predicted molar refractivity (Wildman–Crippen MR) is 138 cm³/mol. The third-order valence-corrected chi connectivity index (χ3v) is 6.82. The van der Waals surface area contributed by atoms with Gasteiger partial charge in [-0.05, 0) is 67.4 Å². The van der Waals surface area contributed by atoms with Gasteiger partial charge in [-0.3, -0.25) is 9.69 Å². The van der Waals surface area contributed by atoms with Crippen molar-refractivity contribution in [2.45, 2.75) is 19.3 Å². The van der Waals surface area contributed by atoms with Crippen molar-refractivity contribution in [2.75, 3.05) is 49.1 Å². The summed E-state index contributed by atoms with van der Waals surface area (Å²) >= 11 is 0. The molecular weight excluding hydrogens is 438 g/mol. The molecule has 6 nitrogen and oxygen atoms in total. The van der Waals surface area contributed by atoms with Gasteiger partial charge in [0.1, 0.15) is 5.75 Å². The van der Waals surface area contributed by atoms with E-state index in [0.717, 1.165) is 50.4 Å². The zero-order chi connectivity index (χ0) is 24.0. The lowest BCUT2D eigenvalue weighted by Crippen LogP contribution is -2.47. The van der Waals surface area contributed by atoms with Crippen molar-refractivity contribution in [1.29, 1.82) is 0 Å². The molecule has 1 saturated heterocycles. The lowest BCUT2D eigenvalue weighted by atomic mass is 10.0. The van der Waals surface area contributed by atoms with Crippen LogP contribution in [0.2, 0.25) is 0 Å². The van der Waals surface area contributed by atoms with Crippen molar-refractivity contribution in [3.05, 3.63) is 90.0 Å². The Kier molecular flexibility index (Phi) is 7.09. The Hall–Kier alpha value is -3.64. The molecule has 2 heterocycles. The fraction of sp³-hybridized carbons (Fsp3) is 0.310. The van der Waals surface area contributed by atoms with Gasteiger partial charge in [0, 0.05) is 50.5 Å². The lowest BCUT2D eigenvalue weighted by Gasteiger charge is -2.36. The van der Waals surface area contributed by atoms with Gasteiger partial charge in [-0.25, -0.2) is 4.79 Å². The minimum absolute atomic E-state index is 0.167. The molecular formula is C29H31N3O3. The number of anilines is 2. The number of fused-ring (bicyclic) bond motifs is 1. The van der Waals surface area contributed by atoms with Crippen molar-refractivity contribution < 1.29 is 14.3 Å². The highest BCUT2D eigenvalue weighted by Crippen LogP contribution is 2.31. The van der Waals surface area contributed by atoms with Crippen molar-refractivity contribution in [3.8, 4) is 5.75 Å². The van der Waals surface area contributed by atoms with E-state index in [4.69, 9.17) is 4.74 Å². The SMILES string of the molecule is O=C(Oc1ccc2c(c1)CCC(=O)N2CCCN1CCN(c2ccccc2)CC1)c1ccccc1. The summed E-state index contributed by atoms with van der Waals surface area (Å²) in [5.74, 6) is 0.310. The Morgan fingerprint density at radius 3 is 2.26 bits per heavy atom. The van der Waals surface area contributed by atoms with Crippen molar-refractivity contribution >= 4 is 23.3 Å². The Balaban J connectivity index is 1.15. The number of benzene rings is 3. The molecule has 1 fully saturated rings. The van der Waals surface area contributed by atoms with Crippen LogP contribution >= 0.6 is 0 Å². The number of ether oxygens (including phenoxy) is 1. The van der Waals surface area contributed by atoms with Crippen LogP contribution in [-0.4, -0.2) is 56.0 Å². The van der Waals surface area contributed by atoms with E-state index >= 15 is 0 Å². The molecule has 0 N–H and O–H groups in total. The molecule has 6 heteroatoms. The number of piperazine rings is 1. The number of esters is 1. The van der Waals surface area contributed by atoms with Gasteiger partial charge >= 0.3 is 5.97 Å². The second-order valence-electron chi connectivity index (χ2n) is 9.11. The monoisotopic (exact) mass is 469 g/mol. The lowest BCUT2D eigenvalue weighted by molar-refractivity contribution is -0.118. The number of nitrogens with zero attached hydrogens (tertiary/aromatic N) is 3. The van der Waals surface area contributed by atoms with E-state index in [1.807, 2.05) is 35.2 Å². The van der Waals surface area contributed by atoms with Crippen LogP contribution < -0.4 is 14.5 Å². The third kappa shape index (κ3) is 5.54. The van der Waals surface area contributed by atoms with Crippen LogP contribution in [0.15, 0.2) is 78.9 Å². The summed E-state index contributed by atoms with van der Waals surface area (Å²) < 4.78 is 5.58. The van der Waals surface area contributed by atoms with E-state index in [9.17, 15) is 9.59 Å². The van der Waals surface area contributed by atoms with E-state index in [-0.39, 0.29) is 11.9 Å². The molecule has 0 spiro atoms. The largest absolute Gasteiger partial charge is 0.423 e. The zero-order valence-corrected chi connectivity index (χ0v) is 19.9. The first-order chi connectivity index (χ1) is 17.2. The first-order valence-corrected chi connectivity index (χ1v) is 12.4. The highest BCUT2D eigenvalue weighted by molar-refractivity contribution is 5.96. The number of para-hydroxylation sites is 1. The van der Waals surface area contributed by atoms with Crippen LogP contribution in [-0.2, 0) is 11.2 Å². The molecule has 0 aliphatic carbocycles. The second-order valence-corrected chi connectivity index (χ2v) is 9.11. The molecule has 0 bridgehead atoms. The quantitative estimate of drug-likeness (QED) is 0.379. The van der Waals surface area contributed by atoms with Gasteiger partial charge in [0.2, 0.25) is 5.91 Å². The van der Waals surface area contributed by atoms with Crippen LogP contribution in [0.25, 0.3) is 0 Å². The average Bonchev–Trinajstić information content (AvgIpc) is 2.91. The van der Waals surface area contributed by atoms with Gasteiger partial charge in [-0.1, -0.05) is 36.4 Å². The average molecular weight is 470 g/mol. The van der Waals surface area contributed by atoms with Crippen molar-refractivity contribution in [1.82, 2.24) is 4.90 Å². The van der Waals surface area contributed by atoms with Gasteiger partial charge in [-0.15, -0.1) is 0 Å². The van der Waals surface area contributed by atoms with Crippen LogP contribution in [0, 0.1) is 0 Å². The second kappa shape index (κ2) is 10.7. The summed E-state index contributed by atoms with van der Waals surface area (Å²) in [6, 6.07) is 25.1. The minimum Gasteiger partial charge on any atom is -0.423 e. The summed E-state index contributed by atoms with van der Waals surface area (Å²) in [5, 5.41) is 0. The molecule has 0 unspecified atom stereocenters. The standard InChI is InChI=1S/C29H31N3O3/c33-28-15-12-24-22-26(35-29(34)23-8-3-1-4-9-23)13-14-27(24)32(28)17-7-16-30-18-20-31(21-19-30)25-10-5-2-6-11-25/h1-6,8-11,13-14,22H,7,12,15-21H2. The Bertz CT molecular complexity index is 1160. The van der Waals surface area contributed by atoms with Gasteiger partial charge in [0.25, 0.3) is 0 Å². The predicted octanol–water partition coefficient (Wildman–Crippen LogP) is 4.40. The van der Waals surface area contributed by atoms with E-state index in [1.54, 1.807) is 18.2 Å². The Labute approximate surface area is 206 Å². The van der Waals surface area contributed by atoms with Crippen LogP contribution in [0.3, 0.4) is 0 Å². The Morgan fingerprint density at radius 2 is 1.51 bits per heavy atom. The fourth-order valence-corrected chi connectivity index (χ4v) is 4.91. The number of rotatable bonds is 7. The molecule has 0 radical (unpaired) electrons. The molecule has 0 atom stereocenters. The van der Waals surface area contributed by atoms with E-state index in [1.165, 1.54) is 5.69 Å². The Morgan fingerprint density at radius 1 is 0.800 bits per heavy atom. The third-order valence-electron chi connectivity index (χ3n) is 6.82. The molecule has 5 rings (SSSR count). The topological polar surface area (TPSA) is 53.1 Å². The molecule has 0 aromatic heterocycles. The maximum absolute atomic E-state index is 12.7. The summed E-state index contributed by atoms with van der Waals surface area (Å²) in [7, 11) is 0. The molecule has 3 aromatic rings. The van der Waals surface area contributed by atoms with E-state index < -0.39 is 0 Å². The van der Waals surface area contributed by atoms with Crippen LogP contribution in [0.1, 0.15) is 28.8 Å². The van der Waals surface area contributed by atoms with Crippen molar-refractivity contribution in [2.24, 2.45) is 0 Å². The van der Waals surface area contributed by atoms with E-state index in [0.29, 0.717) is 30.7 Å². The van der Waals surface area contributed by atoms with E-state index in [2.05, 4.69) is 40.1 Å². The number of aryl methyl sites for hydroxylation is 1. The summed E-state index contributed by atoms with van der Waals surface area (Å²) in [5.41, 5.74) is 3.80. The molecule has 35 heavy (non-hydrogen) atoms. The molecule has 2 aliphatic rings. The summed E-state index contributed by atoms with van der Waals surface area (Å²) in [6.45, 7) is 5.81. The van der Waals surface area contributed by atoms with Gasteiger partial charge in [0.15, 0.2) is 0 Å². The highest BCUT2D eigenvalue weighted by Gasteiger charge is 2.25. The molecule has 1 amide bonds. The maximum Gasteiger partial charge on any atom is 0.343 e. The highest BCUT2D eigenvalue weighted by atomic mass is 16.5. The maximum atomic E-state index is 12.7. The number of carbonyl (C=O) groups is 2. The smallest absolute Gasteiger partial charge is 0.343 e. The van der Waals surface area contributed by atoms with Crippen LogP contribution in [0.5, 0.6) is 5.75 Å². The van der Waals surface area contributed by atoms with Gasteiger partial charge in [0.05, 0.1) is 5.56 Å². The first kappa shape index (κ1) is 23.1. The molecule has 2 aliphatic heterocycles. The zero-order valence-electron chi connectivity index (χ0n) is 19.9. The first-order valence-electron chi connectivity index (χ1n) is 12.4. The number of amides is 1. The number of hydrogen-bond donors (Lipinski definition) is 0. The van der Waals surface area contributed by atoms with Gasteiger partial charge < -0.3 is 14.5 Å². The summed E-state index contributed by atoms with van der Waals surface area (Å²) in [4.78, 5) is 31.9. The minimum atomic E-state index is -0.373. The molecule has 0 saturated carbocycles. The molecule has 180 valence electrons. The summed E-state index contributed by atoms with van der Waals surface area (Å²) in [6.07, 6.45) is 2.09. The number of hydrogen-bond acceptors (Lipinski definition) is 5.